The van der Waals surface area contributed by atoms with Crippen molar-refractivity contribution >= 4 is 34.7 Å². The van der Waals surface area contributed by atoms with Gasteiger partial charge in [0.1, 0.15) is 23.3 Å². The van der Waals surface area contributed by atoms with Gasteiger partial charge in [-0.2, -0.15) is 4.98 Å². The molecule has 5 heterocycles. The fraction of sp³-hybridized carbons (Fsp3) is 0.364. The van der Waals surface area contributed by atoms with Crippen LogP contribution in [0.15, 0.2) is 65.5 Å². The Labute approximate surface area is 264 Å². The normalized spacial score (nSPS) is 20.6. The average molecular weight is 627 g/mol. The van der Waals surface area contributed by atoms with Crippen molar-refractivity contribution in [1.82, 2.24) is 19.9 Å². The molecule has 1 aromatic carbocycles. The molecule has 4 aromatic rings. The number of carbonyl (C=O) groups is 2. The van der Waals surface area contributed by atoms with E-state index in [0.29, 0.717) is 61.4 Å². The molecule has 13 heteroatoms. The van der Waals surface area contributed by atoms with Gasteiger partial charge in [-0.3, -0.25) is 24.0 Å². The van der Waals surface area contributed by atoms with E-state index in [9.17, 15) is 14.4 Å². The number of rotatable bonds is 9. The SMILES string of the molecule is COc1ccc(CN2C(=O)COc3ccc(N4C(=O)O[C@H]5C[C@@H](NCCn6c(=O)ccc7ccc(OC)nc76)CC[C@@H]54)nc32)cc1. The lowest BCUT2D eigenvalue weighted by molar-refractivity contribution is -0.121. The zero-order valence-electron chi connectivity index (χ0n) is 25.5. The van der Waals surface area contributed by atoms with Crippen molar-refractivity contribution in [3.63, 3.8) is 0 Å². The number of hydrogen-bond donors (Lipinski definition) is 1. The molecule has 46 heavy (non-hydrogen) atoms. The molecule has 0 unspecified atom stereocenters. The molecule has 13 nitrogen and oxygen atoms in total. The summed E-state index contributed by atoms with van der Waals surface area (Å²) < 4.78 is 23.7. The first kappa shape index (κ1) is 29.5. The summed E-state index contributed by atoms with van der Waals surface area (Å²) in [7, 11) is 3.15. The van der Waals surface area contributed by atoms with Gasteiger partial charge in [0.05, 0.1) is 26.8 Å². The summed E-state index contributed by atoms with van der Waals surface area (Å²) in [6.45, 7) is 1.19. The zero-order chi connectivity index (χ0) is 31.8. The van der Waals surface area contributed by atoms with E-state index in [4.69, 9.17) is 23.9 Å². The number of pyridine rings is 3. The van der Waals surface area contributed by atoms with Crippen molar-refractivity contribution in [2.45, 2.75) is 50.5 Å². The van der Waals surface area contributed by atoms with Crippen LogP contribution in [0.4, 0.5) is 16.4 Å². The number of nitrogens with one attached hydrogen (secondary N) is 1. The van der Waals surface area contributed by atoms with Gasteiger partial charge < -0.3 is 24.3 Å². The number of hydrogen-bond acceptors (Lipinski definition) is 10. The zero-order valence-corrected chi connectivity index (χ0v) is 25.5. The van der Waals surface area contributed by atoms with E-state index in [1.807, 2.05) is 30.3 Å². The van der Waals surface area contributed by atoms with E-state index in [-0.39, 0.29) is 36.3 Å². The molecule has 3 aromatic heterocycles. The highest BCUT2D eigenvalue weighted by Crippen LogP contribution is 2.39. The predicted molar refractivity (Wildman–Crippen MR) is 169 cm³/mol. The van der Waals surface area contributed by atoms with Crippen LogP contribution in [-0.2, 0) is 22.6 Å². The third-order valence-electron chi connectivity index (χ3n) is 8.80. The molecule has 2 aliphatic heterocycles. The van der Waals surface area contributed by atoms with Crippen molar-refractivity contribution in [3.8, 4) is 17.4 Å². The molecular weight excluding hydrogens is 592 g/mol. The number of amides is 2. The van der Waals surface area contributed by atoms with Gasteiger partial charge >= 0.3 is 6.09 Å². The van der Waals surface area contributed by atoms with Crippen LogP contribution in [0, 0.1) is 0 Å². The number of nitrogens with zero attached hydrogens (tertiary/aromatic N) is 5. The fourth-order valence-corrected chi connectivity index (χ4v) is 6.44. The van der Waals surface area contributed by atoms with Crippen molar-refractivity contribution in [2.75, 3.05) is 37.2 Å². The van der Waals surface area contributed by atoms with Crippen molar-refractivity contribution in [3.05, 3.63) is 76.6 Å². The molecular formula is C33H34N6O7. The predicted octanol–water partition coefficient (Wildman–Crippen LogP) is 3.27. The number of benzene rings is 1. The third-order valence-corrected chi connectivity index (χ3v) is 8.80. The van der Waals surface area contributed by atoms with Crippen LogP contribution in [-0.4, -0.2) is 72.1 Å². The summed E-state index contributed by atoms with van der Waals surface area (Å²) in [4.78, 5) is 51.2. The molecule has 1 aliphatic carbocycles. The lowest BCUT2D eigenvalue weighted by atomic mass is 9.88. The Morgan fingerprint density at radius 1 is 0.935 bits per heavy atom. The van der Waals surface area contributed by atoms with Crippen molar-refractivity contribution < 1.29 is 28.5 Å². The Bertz CT molecular complexity index is 1850. The minimum absolute atomic E-state index is 0.0884. The van der Waals surface area contributed by atoms with Crippen LogP contribution >= 0.6 is 0 Å². The Kier molecular flexibility index (Phi) is 7.91. The van der Waals surface area contributed by atoms with E-state index in [0.717, 1.165) is 23.1 Å². The minimum Gasteiger partial charge on any atom is -0.497 e. The van der Waals surface area contributed by atoms with Crippen LogP contribution < -0.4 is 34.9 Å². The van der Waals surface area contributed by atoms with Gasteiger partial charge in [0.2, 0.25) is 5.88 Å². The van der Waals surface area contributed by atoms with Gasteiger partial charge in [-0.25, -0.2) is 9.78 Å². The second-order valence-electron chi connectivity index (χ2n) is 11.5. The van der Waals surface area contributed by atoms with Gasteiger partial charge in [-0.1, -0.05) is 12.1 Å². The summed E-state index contributed by atoms with van der Waals surface area (Å²) in [5.74, 6) is 2.22. The molecule has 2 amide bonds. The number of methoxy groups -OCH3 is 2. The fourth-order valence-electron chi connectivity index (χ4n) is 6.44. The summed E-state index contributed by atoms with van der Waals surface area (Å²) in [6.07, 6.45) is 1.34. The average Bonchev–Trinajstić information content (AvgIpc) is 3.41. The Morgan fingerprint density at radius 2 is 1.76 bits per heavy atom. The monoisotopic (exact) mass is 626 g/mol. The lowest BCUT2D eigenvalue weighted by Gasteiger charge is -2.34. The summed E-state index contributed by atoms with van der Waals surface area (Å²) in [6, 6.07) is 17.8. The second-order valence-corrected chi connectivity index (χ2v) is 11.5. The molecule has 238 valence electrons. The highest BCUT2D eigenvalue weighted by atomic mass is 16.6. The lowest BCUT2D eigenvalue weighted by Crippen LogP contribution is -2.47. The summed E-state index contributed by atoms with van der Waals surface area (Å²) in [5.41, 5.74) is 1.35. The van der Waals surface area contributed by atoms with E-state index in [1.54, 1.807) is 58.9 Å². The molecule has 0 bridgehead atoms. The Balaban J connectivity index is 1.03. The van der Waals surface area contributed by atoms with Crippen LogP contribution in [0.1, 0.15) is 24.8 Å². The number of anilines is 2. The van der Waals surface area contributed by atoms with Crippen molar-refractivity contribution in [1.29, 1.82) is 0 Å². The smallest absolute Gasteiger partial charge is 0.416 e. The first-order valence-corrected chi connectivity index (χ1v) is 15.3. The van der Waals surface area contributed by atoms with Gasteiger partial charge in [-0.05, 0) is 54.8 Å². The Morgan fingerprint density at radius 3 is 2.57 bits per heavy atom. The first-order valence-electron chi connectivity index (χ1n) is 15.3. The highest BCUT2D eigenvalue weighted by molar-refractivity contribution is 5.97. The van der Waals surface area contributed by atoms with Crippen LogP contribution in [0.3, 0.4) is 0 Å². The Hall–Kier alpha value is -5.17. The number of carbonyl (C=O) groups excluding carboxylic acids is 2. The summed E-state index contributed by atoms with van der Waals surface area (Å²) >= 11 is 0. The van der Waals surface area contributed by atoms with Gasteiger partial charge in [0.25, 0.3) is 11.5 Å². The van der Waals surface area contributed by atoms with E-state index in [2.05, 4.69) is 10.3 Å². The molecule has 7 rings (SSSR count). The molecule has 3 atom stereocenters. The van der Waals surface area contributed by atoms with Gasteiger partial charge in [0, 0.05) is 43.1 Å². The van der Waals surface area contributed by atoms with E-state index in [1.165, 1.54) is 0 Å². The molecule has 1 saturated carbocycles. The maximum absolute atomic E-state index is 13.2. The highest BCUT2D eigenvalue weighted by Gasteiger charge is 2.47. The van der Waals surface area contributed by atoms with Gasteiger partial charge in [-0.15, -0.1) is 0 Å². The summed E-state index contributed by atoms with van der Waals surface area (Å²) in [5, 5.41) is 4.40. The number of fused-ring (bicyclic) bond motifs is 3. The van der Waals surface area contributed by atoms with Crippen molar-refractivity contribution in [2.24, 2.45) is 0 Å². The van der Waals surface area contributed by atoms with Crippen LogP contribution in [0.5, 0.6) is 17.4 Å². The first-order chi connectivity index (χ1) is 22.4. The standard InChI is InChI=1S/C33H34N6O7/c1-43-23-8-3-20(4-9-23)18-38-30(41)19-45-25-11-12-27(35-32(25)38)39-24-10-7-22(17-26(24)46-33(39)42)34-15-16-37-29(40)14-6-21-5-13-28(44-2)36-31(21)37/h3-6,8-9,11-14,22,24,26,34H,7,10,15-19H2,1-2H3/t22-,24-,26-/m0/s1. The van der Waals surface area contributed by atoms with E-state index < -0.39 is 6.09 Å². The topological polar surface area (TPSA) is 137 Å². The molecule has 0 spiro atoms. The molecule has 0 radical (unpaired) electrons. The van der Waals surface area contributed by atoms with E-state index >= 15 is 0 Å². The second kappa shape index (κ2) is 12.3. The van der Waals surface area contributed by atoms with Crippen LogP contribution in [0.25, 0.3) is 11.0 Å². The number of ether oxygens (including phenoxy) is 4. The largest absolute Gasteiger partial charge is 0.497 e. The maximum atomic E-state index is 13.2. The third kappa shape index (κ3) is 5.58. The maximum Gasteiger partial charge on any atom is 0.416 e. The number of aromatic nitrogens is 3. The minimum atomic E-state index is -0.463. The van der Waals surface area contributed by atoms with Gasteiger partial charge in [0.15, 0.2) is 18.2 Å². The molecule has 1 saturated heterocycles. The van der Waals surface area contributed by atoms with Crippen LogP contribution in [0.2, 0.25) is 0 Å². The molecule has 2 fully saturated rings. The quantitative estimate of drug-likeness (QED) is 0.295. The molecule has 3 aliphatic rings. The molecule has 1 N–H and O–H groups in total.